The van der Waals surface area contributed by atoms with Crippen LogP contribution in [-0.4, -0.2) is 19.2 Å². The molecule has 2 aromatic rings. The van der Waals surface area contributed by atoms with Crippen molar-refractivity contribution in [3.05, 3.63) is 39.5 Å². The van der Waals surface area contributed by atoms with E-state index >= 15 is 0 Å². The van der Waals surface area contributed by atoms with Gasteiger partial charge < -0.3 is 13.9 Å². The molecule has 0 saturated carbocycles. The summed E-state index contributed by atoms with van der Waals surface area (Å²) in [5.41, 5.74) is 0.721. The number of rotatable bonds is 15. The van der Waals surface area contributed by atoms with Crippen LogP contribution in [0.5, 0.6) is 5.75 Å². The number of carbonyl (C=O) groups excluding carboxylic acids is 1. The van der Waals surface area contributed by atoms with Crippen LogP contribution in [0.1, 0.15) is 89.7 Å². The van der Waals surface area contributed by atoms with Crippen LogP contribution in [0.4, 0.5) is 4.39 Å². The van der Waals surface area contributed by atoms with Crippen molar-refractivity contribution >= 4 is 16.9 Å². The molecule has 0 radical (unpaired) electrons. The molecule has 1 unspecified atom stereocenters. The molecule has 5 nitrogen and oxygen atoms in total. The van der Waals surface area contributed by atoms with Gasteiger partial charge in [-0.3, -0.25) is 4.79 Å². The molecule has 1 atom stereocenters. The molecular formula is C27H39FO5. The minimum absolute atomic E-state index is 0.0336. The largest absolute Gasteiger partial charge is 0.493 e. The second-order valence-corrected chi connectivity index (χ2v) is 8.87. The Bertz CT molecular complexity index is 950. The first-order valence-electron chi connectivity index (χ1n) is 12.4. The van der Waals surface area contributed by atoms with E-state index in [1.165, 1.54) is 0 Å². The van der Waals surface area contributed by atoms with E-state index in [1.54, 1.807) is 6.92 Å². The van der Waals surface area contributed by atoms with Crippen molar-refractivity contribution in [2.45, 2.75) is 91.9 Å². The van der Waals surface area contributed by atoms with Crippen LogP contribution in [0.2, 0.25) is 0 Å². The molecule has 0 aliphatic carbocycles. The minimum Gasteiger partial charge on any atom is -0.493 e. The fourth-order valence-corrected chi connectivity index (χ4v) is 3.94. The van der Waals surface area contributed by atoms with Gasteiger partial charge >= 0.3 is 11.6 Å². The number of ether oxygens (including phenoxy) is 2. The van der Waals surface area contributed by atoms with Gasteiger partial charge in [0.2, 0.25) is 5.82 Å². The van der Waals surface area contributed by atoms with Crippen LogP contribution in [0.3, 0.4) is 0 Å². The van der Waals surface area contributed by atoms with E-state index in [1.807, 2.05) is 19.1 Å². The Kier molecular flexibility index (Phi) is 11.4. The summed E-state index contributed by atoms with van der Waals surface area (Å²) in [6, 6.07) is 3.77. The van der Waals surface area contributed by atoms with Crippen LogP contribution in [0.15, 0.2) is 21.3 Å². The lowest BCUT2D eigenvalue weighted by molar-refractivity contribution is -0.148. The quantitative estimate of drug-likeness (QED) is 0.164. The molecule has 6 heteroatoms. The first-order valence-corrected chi connectivity index (χ1v) is 12.4. The second kappa shape index (κ2) is 14.0. The van der Waals surface area contributed by atoms with Crippen molar-refractivity contribution in [1.29, 1.82) is 0 Å². The van der Waals surface area contributed by atoms with Gasteiger partial charge in [-0.05, 0) is 69.6 Å². The molecule has 2 rings (SSSR count). The topological polar surface area (TPSA) is 65.7 Å². The van der Waals surface area contributed by atoms with Crippen molar-refractivity contribution < 1.29 is 23.1 Å². The molecule has 0 saturated heterocycles. The lowest BCUT2D eigenvalue weighted by Gasteiger charge is -2.13. The van der Waals surface area contributed by atoms with E-state index in [-0.39, 0.29) is 17.5 Å². The molecule has 33 heavy (non-hydrogen) atoms. The van der Waals surface area contributed by atoms with Crippen LogP contribution in [0, 0.1) is 18.7 Å². The van der Waals surface area contributed by atoms with E-state index < -0.39 is 11.4 Å². The Hall–Kier alpha value is -2.37. The number of fused-ring (bicyclic) bond motifs is 1. The third-order valence-electron chi connectivity index (χ3n) is 5.95. The Balaban J connectivity index is 1.90. The van der Waals surface area contributed by atoms with Gasteiger partial charge in [-0.1, -0.05) is 40.0 Å². The molecule has 0 aliphatic rings. The molecule has 0 fully saturated rings. The molecule has 0 bridgehead atoms. The van der Waals surface area contributed by atoms with E-state index in [2.05, 4.69) is 13.8 Å². The predicted octanol–water partition coefficient (Wildman–Crippen LogP) is 6.89. The number of carbonyl (C=O) groups is 1. The summed E-state index contributed by atoms with van der Waals surface area (Å²) >= 11 is 0. The maximum Gasteiger partial charge on any atom is 0.372 e. The number of halogens is 1. The zero-order valence-electron chi connectivity index (χ0n) is 20.6. The summed E-state index contributed by atoms with van der Waals surface area (Å²) in [5.74, 6) is -0.444. The summed E-state index contributed by atoms with van der Waals surface area (Å²) in [6.07, 6.45) is 9.51. The van der Waals surface area contributed by atoms with E-state index in [4.69, 9.17) is 13.9 Å². The third kappa shape index (κ3) is 8.17. The lowest BCUT2D eigenvalue weighted by Crippen LogP contribution is -2.15. The second-order valence-electron chi connectivity index (χ2n) is 8.87. The van der Waals surface area contributed by atoms with Gasteiger partial charge in [0, 0.05) is 5.56 Å². The first kappa shape index (κ1) is 26.9. The van der Waals surface area contributed by atoms with Crippen molar-refractivity contribution in [3.63, 3.8) is 0 Å². The fourth-order valence-electron chi connectivity index (χ4n) is 3.94. The number of hydrogen-bond acceptors (Lipinski definition) is 5. The van der Waals surface area contributed by atoms with Gasteiger partial charge in [-0.15, -0.1) is 0 Å². The summed E-state index contributed by atoms with van der Waals surface area (Å²) < 4.78 is 30.8. The predicted molar refractivity (Wildman–Crippen MR) is 129 cm³/mol. The van der Waals surface area contributed by atoms with Gasteiger partial charge in [-0.25, -0.2) is 4.79 Å². The molecule has 0 N–H and O–H groups in total. The Morgan fingerprint density at radius 3 is 2.45 bits per heavy atom. The van der Waals surface area contributed by atoms with Crippen molar-refractivity contribution in [2.75, 3.05) is 13.2 Å². The van der Waals surface area contributed by atoms with Gasteiger partial charge in [0.05, 0.1) is 24.5 Å². The number of esters is 1. The van der Waals surface area contributed by atoms with Gasteiger partial charge in [0.25, 0.3) is 0 Å². The maximum absolute atomic E-state index is 14.2. The molecule has 1 aromatic carbocycles. The van der Waals surface area contributed by atoms with Gasteiger partial charge in [0.15, 0.2) is 0 Å². The fraction of sp³-hybridized carbons (Fsp3) is 0.630. The number of unbranched alkanes of at least 4 members (excludes halogenated alkanes) is 5. The Morgan fingerprint density at radius 1 is 1.03 bits per heavy atom. The summed E-state index contributed by atoms with van der Waals surface area (Å²) in [4.78, 5) is 23.6. The smallest absolute Gasteiger partial charge is 0.372 e. The Labute approximate surface area is 196 Å². The third-order valence-corrected chi connectivity index (χ3v) is 5.95. The standard InChI is InChI=1S/C27H39FO5/c1-5-7-10-14-21-17-22(24-20(4)25(28)27(30)33-23(24)18-21)31-15-11-8-9-12-16-32-26(29)19(3)13-6-2/h17-19H,5-16H2,1-4H3. The monoisotopic (exact) mass is 462 g/mol. The number of aryl methyl sites for hydroxylation is 2. The van der Waals surface area contributed by atoms with Crippen molar-refractivity contribution in [1.82, 2.24) is 0 Å². The van der Waals surface area contributed by atoms with E-state index in [0.717, 1.165) is 69.8 Å². The molecule has 0 spiro atoms. The molecule has 184 valence electrons. The highest BCUT2D eigenvalue weighted by Crippen LogP contribution is 2.31. The normalized spacial score (nSPS) is 12.2. The van der Waals surface area contributed by atoms with Crippen LogP contribution >= 0.6 is 0 Å². The molecule has 0 amide bonds. The summed E-state index contributed by atoms with van der Waals surface area (Å²) in [6.45, 7) is 8.64. The zero-order chi connectivity index (χ0) is 24.2. The van der Waals surface area contributed by atoms with Crippen LogP contribution in [0.25, 0.3) is 11.0 Å². The van der Waals surface area contributed by atoms with Gasteiger partial charge in [-0.2, -0.15) is 4.39 Å². The minimum atomic E-state index is -0.943. The molecule has 1 heterocycles. The molecule has 0 aliphatic heterocycles. The highest BCUT2D eigenvalue weighted by atomic mass is 19.1. The molecular weight excluding hydrogens is 423 g/mol. The van der Waals surface area contributed by atoms with Crippen LogP contribution in [-0.2, 0) is 16.0 Å². The Morgan fingerprint density at radius 2 is 1.76 bits per heavy atom. The summed E-state index contributed by atoms with van der Waals surface area (Å²) in [5, 5.41) is 0.527. The van der Waals surface area contributed by atoms with E-state index in [9.17, 15) is 14.0 Å². The highest BCUT2D eigenvalue weighted by molar-refractivity contribution is 5.87. The van der Waals surface area contributed by atoms with Gasteiger partial charge in [0.1, 0.15) is 11.3 Å². The lowest BCUT2D eigenvalue weighted by atomic mass is 10.0. The highest BCUT2D eigenvalue weighted by Gasteiger charge is 2.17. The summed E-state index contributed by atoms with van der Waals surface area (Å²) in [7, 11) is 0. The van der Waals surface area contributed by atoms with Crippen molar-refractivity contribution in [3.8, 4) is 5.75 Å². The first-order chi connectivity index (χ1) is 15.9. The SMILES string of the molecule is CCCCCc1cc(OCCCCCCOC(=O)C(C)CCC)c2c(C)c(F)c(=O)oc2c1. The van der Waals surface area contributed by atoms with Crippen LogP contribution < -0.4 is 10.4 Å². The van der Waals surface area contributed by atoms with E-state index in [0.29, 0.717) is 29.9 Å². The van der Waals surface area contributed by atoms with Crippen molar-refractivity contribution in [2.24, 2.45) is 5.92 Å². The molecule has 1 aromatic heterocycles. The zero-order valence-corrected chi connectivity index (χ0v) is 20.6. The number of benzene rings is 1. The average molecular weight is 463 g/mol. The average Bonchev–Trinajstić information content (AvgIpc) is 2.79. The number of hydrogen-bond donors (Lipinski definition) is 0. The maximum atomic E-state index is 14.2.